The normalized spacial score (nSPS) is 10.2. The smallest absolute Gasteiger partial charge is 0.427 e. The monoisotopic (exact) mass is 252 g/mol. The van der Waals surface area contributed by atoms with Crippen LogP contribution in [0.1, 0.15) is 12.5 Å². The van der Waals surface area contributed by atoms with Crippen LogP contribution in [0, 0.1) is 0 Å². The van der Waals surface area contributed by atoms with Crippen LogP contribution in [-0.2, 0) is 4.74 Å². The highest BCUT2D eigenvalue weighted by Gasteiger charge is 2.04. The molecule has 98 valence electrons. The molecule has 1 aromatic rings. The van der Waals surface area contributed by atoms with Gasteiger partial charge in [0, 0.05) is 0 Å². The number of carbonyl (C=O) groups excluding carboxylic acids is 1. The molecule has 0 aromatic heterocycles. The summed E-state index contributed by atoms with van der Waals surface area (Å²) in [6, 6.07) is 5.33. The van der Waals surface area contributed by atoms with Crippen molar-refractivity contribution in [2.75, 3.05) is 20.8 Å². The molecule has 1 aromatic carbocycles. The van der Waals surface area contributed by atoms with Gasteiger partial charge < -0.3 is 14.2 Å². The minimum atomic E-state index is -0.621. The van der Waals surface area contributed by atoms with Crippen LogP contribution < -0.4 is 14.9 Å². The standard InChI is InChI=1S/C12H16N2O4/c1-4-18-11-7-9(5-6-10(11)16-2)8-13-14-12(15)17-3/h5-8H,4H2,1-3H3,(H,14,15)/b13-8+. The number of methoxy groups -OCH3 is 2. The first-order valence-electron chi connectivity index (χ1n) is 5.39. The Bertz CT molecular complexity index is 432. The van der Waals surface area contributed by atoms with Gasteiger partial charge in [0.1, 0.15) is 0 Å². The Morgan fingerprint density at radius 2 is 2.17 bits per heavy atom. The van der Waals surface area contributed by atoms with Crippen LogP contribution >= 0.6 is 0 Å². The number of benzene rings is 1. The Labute approximate surface area is 106 Å². The third-order valence-corrected chi connectivity index (χ3v) is 2.04. The van der Waals surface area contributed by atoms with Gasteiger partial charge in [-0.1, -0.05) is 0 Å². The van der Waals surface area contributed by atoms with E-state index in [2.05, 4.69) is 15.3 Å². The van der Waals surface area contributed by atoms with E-state index >= 15 is 0 Å². The van der Waals surface area contributed by atoms with Crippen molar-refractivity contribution < 1.29 is 19.0 Å². The number of hydrogen-bond donors (Lipinski definition) is 1. The van der Waals surface area contributed by atoms with E-state index in [-0.39, 0.29) is 0 Å². The van der Waals surface area contributed by atoms with Crippen molar-refractivity contribution in [1.82, 2.24) is 5.43 Å². The lowest BCUT2D eigenvalue weighted by Gasteiger charge is -2.09. The fourth-order valence-corrected chi connectivity index (χ4v) is 1.25. The van der Waals surface area contributed by atoms with E-state index in [1.165, 1.54) is 13.3 Å². The summed E-state index contributed by atoms with van der Waals surface area (Å²) in [6.07, 6.45) is 0.864. The van der Waals surface area contributed by atoms with Crippen LogP contribution in [0.15, 0.2) is 23.3 Å². The zero-order valence-corrected chi connectivity index (χ0v) is 10.6. The van der Waals surface area contributed by atoms with E-state index < -0.39 is 6.09 Å². The van der Waals surface area contributed by atoms with Crippen molar-refractivity contribution in [1.29, 1.82) is 0 Å². The fraction of sp³-hybridized carbons (Fsp3) is 0.333. The lowest BCUT2D eigenvalue weighted by molar-refractivity contribution is 0.171. The second kappa shape index (κ2) is 7.16. The predicted molar refractivity (Wildman–Crippen MR) is 67.3 cm³/mol. The molecule has 0 saturated heterocycles. The van der Waals surface area contributed by atoms with Crippen molar-refractivity contribution in [3.63, 3.8) is 0 Å². The van der Waals surface area contributed by atoms with E-state index in [0.29, 0.717) is 18.1 Å². The van der Waals surface area contributed by atoms with Crippen LogP contribution in [-0.4, -0.2) is 33.1 Å². The molecule has 0 heterocycles. The summed E-state index contributed by atoms with van der Waals surface area (Å²) in [4.78, 5) is 10.8. The van der Waals surface area contributed by atoms with Gasteiger partial charge in [-0.25, -0.2) is 10.2 Å². The molecule has 0 aliphatic heterocycles. The third kappa shape index (κ3) is 3.97. The van der Waals surface area contributed by atoms with E-state index in [9.17, 15) is 4.79 Å². The number of nitrogens with zero attached hydrogens (tertiary/aromatic N) is 1. The Balaban J connectivity index is 2.77. The summed E-state index contributed by atoms with van der Waals surface area (Å²) in [5, 5.41) is 3.72. The van der Waals surface area contributed by atoms with Crippen molar-refractivity contribution in [2.24, 2.45) is 5.10 Å². The first-order chi connectivity index (χ1) is 8.71. The lowest BCUT2D eigenvalue weighted by atomic mass is 10.2. The number of carbonyl (C=O) groups is 1. The highest BCUT2D eigenvalue weighted by molar-refractivity contribution is 5.82. The fourth-order valence-electron chi connectivity index (χ4n) is 1.25. The average molecular weight is 252 g/mol. The Morgan fingerprint density at radius 3 is 2.78 bits per heavy atom. The van der Waals surface area contributed by atoms with Gasteiger partial charge >= 0.3 is 6.09 Å². The van der Waals surface area contributed by atoms with Gasteiger partial charge in [0.25, 0.3) is 0 Å². The summed E-state index contributed by atoms with van der Waals surface area (Å²) in [5.41, 5.74) is 2.97. The van der Waals surface area contributed by atoms with Gasteiger partial charge in [-0.15, -0.1) is 0 Å². The van der Waals surface area contributed by atoms with E-state index in [1.54, 1.807) is 25.3 Å². The molecule has 6 heteroatoms. The summed E-state index contributed by atoms with van der Waals surface area (Å²) >= 11 is 0. The van der Waals surface area contributed by atoms with E-state index in [4.69, 9.17) is 9.47 Å². The molecule has 18 heavy (non-hydrogen) atoms. The SMILES string of the molecule is CCOc1cc(/C=N/NC(=O)OC)ccc1OC. The molecule has 0 aliphatic carbocycles. The zero-order valence-electron chi connectivity index (χ0n) is 10.6. The average Bonchev–Trinajstić information content (AvgIpc) is 2.39. The van der Waals surface area contributed by atoms with Crippen molar-refractivity contribution in [2.45, 2.75) is 6.92 Å². The second-order valence-corrected chi connectivity index (χ2v) is 3.20. The molecule has 0 fully saturated rings. The summed E-state index contributed by atoms with van der Waals surface area (Å²) < 4.78 is 15.0. The number of hydrazone groups is 1. The van der Waals surface area contributed by atoms with Crippen molar-refractivity contribution in [3.8, 4) is 11.5 Å². The molecule has 0 radical (unpaired) electrons. The van der Waals surface area contributed by atoms with Gasteiger partial charge in [-0.05, 0) is 30.7 Å². The molecule has 0 aliphatic rings. The Kier molecular flexibility index (Phi) is 5.50. The Hall–Kier alpha value is -2.24. The maximum Gasteiger partial charge on any atom is 0.427 e. The number of nitrogens with one attached hydrogen (secondary N) is 1. The number of amides is 1. The predicted octanol–water partition coefficient (Wildman–Crippen LogP) is 1.78. The number of ether oxygens (including phenoxy) is 3. The lowest BCUT2D eigenvalue weighted by Crippen LogP contribution is -2.16. The first kappa shape index (κ1) is 13.8. The molecule has 0 bridgehead atoms. The van der Waals surface area contributed by atoms with E-state index in [1.807, 2.05) is 6.92 Å². The maximum atomic E-state index is 10.8. The largest absolute Gasteiger partial charge is 0.493 e. The molecule has 1 N–H and O–H groups in total. The van der Waals surface area contributed by atoms with Crippen LogP contribution in [0.5, 0.6) is 11.5 Å². The molecule has 0 spiro atoms. The topological polar surface area (TPSA) is 69.2 Å². The molecule has 6 nitrogen and oxygen atoms in total. The molecule has 1 rings (SSSR count). The minimum absolute atomic E-state index is 0.539. The Morgan fingerprint density at radius 1 is 1.39 bits per heavy atom. The zero-order chi connectivity index (χ0) is 13.4. The van der Waals surface area contributed by atoms with Crippen molar-refractivity contribution in [3.05, 3.63) is 23.8 Å². The number of hydrogen-bond acceptors (Lipinski definition) is 5. The second-order valence-electron chi connectivity index (χ2n) is 3.20. The summed E-state index contributed by atoms with van der Waals surface area (Å²) in [6.45, 7) is 2.43. The van der Waals surface area contributed by atoms with Gasteiger partial charge in [0.05, 0.1) is 27.0 Å². The molecule has 0 saturated carbocycles. The van der Waals surface area contributed by atoms with Crippen LogP contribution in [0.2, 0.25) is 0 Å². The third-order valence-electron chi connectivity index (χ3n) is 2.04. The molecule has 0 unspecified atom stereocenters. The van der Waals surface area contributed by atoms with Gasteiger partial charge in [-0.2, -0.15) is 5.10 Å². The van der Waals surface area contributed by atoms with Gasteiger partial charge in [0.15, 0.2) is 11.5 Å². The molecule has 0 atom stereocenters. The minimum Gasteiger partial charge on any atom is -0.493 e. The van der Waals surface area contributed by atoms with Crippen LogP contribution in [0.4, 0.5) is 4.79 Å². The van der Waals surface area contributed by atoms with Crippen LogP contribution in [0.25, 0.3) is 0 Å². The molecular formula is C12H16N2O4. The van der Waals surface area contributed by atoms with Crippen LogP contribution in [0.3, 0.4) is 0 Å². The quantitative estimate of drug-likeness (QED) is 0.640. The first-order valence-corrected chi connectivity index (χ1v) is 5.39. The highest BCUT2D eigenvalue weighted by Crippen LogP contribution is 2.27. The molecular weight excluding hydrogens is 236 g/mol. The van der Waals surface area contributed by atoms with Crippen molar-refractivity contribution >= 4 is 12.3 Å². The van der Waals surface area contributed by atoms with Gasteiger partial charge in [0.2, 0.25) is 0 Å². The maximum absolute atomic E-state index is 10.8. The summed E-state index contributed by atoms with van der Waals surface area (Å²) in [5.74, 6) is 1.27. The molecule has 1 amide bonds. The summed E-state index contributed by atoms with van der Waals surface area (Å²) in [7, 11) is 2.84. The van der Waals surface area contributed by atoms with E-state index in [0.717, 1.165) is 5.56 Å². The highest BCUT2D eigenvalue weighted by atomic mass is 16.5. The van der Waals surface area contributed by atoms with Gasteiger partial charge in [-0.3, -0.25) is 0 Å². The number of rotatable bonds is 5.